The van der Waals surface area contributed by atoms with Crippen molar-refractivity contribution in [2.45, 2.75) is 6.42 Å². The zero-order chi connectivity index (χ0) is 16.4. The van der Waals surface area contributed by atoms with Crippen molar-refractivity contribution in [1.29, 1.82) is 0 Å². The minimum Gasteiger partial charge on any atom is -0.486 e. The first kappa shape index (κ1) is 15.9. The fraction of sp³-hybridized carbons (Fsp3) is 0.188. The fourth-order valence-corrected chi connectivity index (χ4v) is 2.70. The summed E-state index contributed by atoms with van der Waals surface area (Å²) < 4.78 is 24.0. The third-order valence-corrected chi connectivity index (χ3v) is 3.80. The number of anilines is 1. The van der Waals surface area contributed by atoms with Gasteiger partial charge < -0.3 is 14.8 Å². The molecule has 0 atom stereocenters. The zero-order valence-electron chi connectivity index (χ0n) is 11.9. The molecule has 0 unspecified atom stereocenters. The maximum Gasteiger partial charge on any atom is 0.228 e. The molecular formula is C16H12Cl2FNO3. The lowest BCUT2D eigenvalue weighted by Crippen LogP contribution is -2.17. The van der Waals surface area contributed by atoms with Crippen molar-refractivity contribution >= 4 is 34.8 Å². The number of hydrogen-bond acceptors (Lipinski definition) is 3. The first-order chi connectivity index (χ1) is 11.0. The molecule has 0 saturated heterocycles. The van der Waals surface area contributed by atoms with Crippen molar-refractivity contribution in [3.05, 3.63) is 51.8 Å². The van der Waals surface area contributed by atoms with Gasteiger partial charge in [0.25, 0.3) is 0 Å². The Balaban J connectivity index is 1.72. The Morgan fingerprint density at radius 2 is 1.91 bits per heavy atom. The summed E-state index contributed by atoms with van der Waals surface area (Å²) >= 11 is 11.8. The minimum absolute atomic E-state index is 0.0508. The van der Waals surface area contributed by atoms with Crippen LogP contribution in [0.1, 0.15) is 5.56 Å². The van der Waals surface area contributed by atoms with Gasteiger partial charge in [-0.15, -0.1) is 0 Å². The second kappa shape index (κ2) is 6.64. The Kier molecular flexibility index (Phi) is 4.59. The molecule has 0 aromatic heterocycles. The van der Waals surface area contributed by atoms with Crippen molar-refractivity contribution < 1.29 is 18.7 Å². The summed E-state index contributed by atoms with van der Waals surface area (Å²) in [7, 11) is 0. The molecule has 0 aliphatic carbocycles. The van der Waals surface area contributed by atoms with Crippen LogP contribution >= 0.6 is 23.2 Å². The third-order valence-electron chi connectivity index (χ3n) is 3.22. The molecule has 1 N–H and O–H groups in total. The highest BCUT2D eigenvalue weighted by atomic mass is 35.5. The molecular weight excluding hydrogens is 344 g/mol. The normalized spacial score (nSPS) is 12.8. The van der Waals surface area contributed by atoms with Gasteiger partial charge in [-0.05, 0) is 35.9 Å². The molecule has 4 nitrogen and oxygen atoms in total. The van der Waals surface area contributed by atoms with Gasteiger partial charge in [-0.1, -0.05) is 23.2 Å². The van der Waals surface area contributed by atoms with E-state index in [9.17, 15) is 9.18 Å². The number of fused-ring (bicyclic) bond motifs is 1. The first-order valence-electron chi connectivity index (χ1n) is 6.86. The quantitative estimate of drug-likeness (QED) is 0.901. The summed E-state index contributed by atoms with van der Waals surface area (Å²) in [5, 5.41) is 3.00. The Hall–Kier alpha value is -1.98. The van der Waals surface area contributed by atoms with Gasteiger partial charge in [0.15, 0.2) is 11.5 Å². The van der Waals surface area contributed by atoms with Crippen LogP contribution in [0, 0.1) is 5.82 Å². The Labute approximate surface area is 142 Å². The number of carbonyl (C=O) groups excluding carboxylic acids is 1. The topological polar surface area (TPSA) is 47.6 Å². The first-order valence-corrected chi connectivity index (χ1v) is 7.61. The molecule has 1 amide bonds. The van der Waals surface area contributed by atoms with E-state index in [2.05, 4.69) is 5.32 Å². The van der Waals surface area contributed by atoms with Crippen LogP contribution < -0.4 is 14.8 Å². The van der Waals surface area contributed by atoms with E-state index in [0.29, 0.717) is 41.0 Å². The van der Waals surface area contributed by atoms with E-state index in [1.807, 2.05) is 0 Å². The van der Waals surface area contributed by atoms with Crippen LogP contribution in [0.3, 0.4) is 0 Å². The number of halogens is 3. The molecule has 0 fully saturated rings. The fourth-order valence-electron chi connectivity index (χ4n) is 2.23. The Bertz CT molecular complexity index is 767. The molecule has 1 aliphatic heterocycles. The predicted molar refractivity (Wildman–Crippen MR) is 86.2 cm³/mol. The summed E-state index contributed by atoms with van der Waals surface area (Å²) in [5.74, 6) is 0.201. The number of nitrogens with one attached hydrogen (secondary N) is 1. The maximum atomic E-state index is 13.1. The number of carbonyl (C=O) groups is 1. The Morgan fingerprint density at radius 1 is 1.13 bits per heavy atom. The molecule has 1 aliphatic rings. The van der Waals surface area contributed by atoms with Gasteiger partial charge in [-0.3, -0.25) is 4.79 Å². The van der Waals surface area contributed by atoms with Crippen LogP contribution in [-0.4, -0.2) is 19.1 Å². The average Bonchev–Trinajstić information content (AvgIpc) is 2.51. The molecule has 2 aromatic rings. The lowest BCUT2D eigenvalue weighted by Gasteiger charge is -2.20. The lowest BCUT2D eigenvalue weighted by atomic mass is 10.1. The van der Waals surface area contributed by atoms with Gasteiger partial charge >= 0.3 is 0 Å². The van der Waals surface area contributed by atoms with E-state index >= 15 is 0 Å². The zero-order valence-corrected chi connectivity index (χ0v) is 13.4. The number of rotatable bonds is 3. The lowest BCUT2D eigenvalue weighted by molar-refractivity contribution is -0.115. The van der Waals surface area contributed by atoms with Crippen LogP contribution in [0.25, 0.3) is 0 Å². The van der Waals surface area contributed by atoms with Gasteiger partial charge in [0.2, 0.25) is 5.91 Å². The maximum absolute atomic E-state index is 13.1. The summed E-state index contributed by atoms with van der Waals surface area (Å²) in [4.78, 5) is 12.1. The summed E-state index contributed by atoms with van der Waals surface area (Å²) in [6.45, 7) is 0.880. The largest absolute Gasteiger partial charge is 0.486 e. The number of ether oxygens (including phenoxy) is 2. The molecule has 0 saturated carbocycles. The minimum atomic E-state index is -0.539. The number of amides is 1. The molecule has 7 heteroatoms. The van der Waals surface area contributed by atoms with Gasteiger partial charge in [0, 0.05) is 5.69 Å². The van der Waals surface area contributed by atoms with Gasteiger partial charge in [0.1, 0.15) is 19.0 Å². The molecule has 0 radical (unpaired) electrons. The summed E-state index contributed by atoms with van der Waals surface area (Å²) in [6, 6.07) is 7.37. The van der Waals surface area contributed by atoms with Crippen LogP contribution in [0.5, 0.6) is 11.5 Å². The van der Waals surface area contributed by atoms with Crippen molar-refractivity contribution in [2.24, 2.45) is 0 Å². The van der Waals surface area contributed by atoms with E-state index in [1.54, 1.807) is 12.1 Å². The number of benzene rings is 2. The molecule has 0 bridgehead atoms. The van der Waals surface area contributed by atoms with Crippen LogP contribution in [0.15, 0.2) is 30.3 Å². The van der Waals surface area contributed by atoms with E-state index in [-0.39, 0.29) is 17.4 Å². The predicted octanol–water partition coefficient (Wildman–Crippen LogP) is 4.08. The van der Waals surface area contributed by atoms with Gasteiger partial charge in [0.05, 0.1) is 16.5 Å². The highest BCUT2D eigenvalue weighted by Crippen LogP contribution is 2.38. The van der Waals surface area contributed by atoms with E-state index in [0.717, 1.165) is 0 Å². The van der Waals surface area contributed by atoms with Crippen LogP contribution in [0.4, 0.5) is 10.1 Å². The molecule has 120 valence electrons. The second-order valence-corrected chi connectivity index (χ2v) is 5.77. The third kappa shape index (κ3) is 3.68. The van der Waals surface area contributed by atoms with E-state index in [1.165, 1.54) is 18.2 Å². The standard InChI is InChI=1S/C16H12Cl2FNO3/c17-11-8-10(1-2-13(11)19)20-15(21)7-9-5-12(18)16-14(6-9)22-3-4-23-16/h1-2,5-6,8H,3-4,7H2,(H,20,21). The number of hydrogen-bond donors (Lipinski definition) is 1. The van der Waals surface area contributed by atoms with E-state index in [4.69, 9.17) is 32.7 Å². The van der Waals surface area contributed by atoms with Crippen LogP contribution in [-0.2, 0) is 11.2 Å². The van der Waals surface area contributed by atoms with Crippen molar-refractivity contribution in [3.63, 3.8) is 0 Å². The average molecular weight is 356 g/mol. The van der Waals surface area contributed by atoms with Gasteiger partial charge in [-0.2, -0.15) is 0 Å². The van der Waals surface area contributed by atoms with E-state index < -0.39 is 5.82 Å². The molecule has 23 heavy (non-hydrogen) atoms. The molecule has 2 aromatic carbocycles. The second-order valence-electron chi connectivity index (χ2n) is 4.96. The molecule has 0 spiro atoms. The van der Waals surface area contributed by atoms with Crippen molar-refractivity contribution in [2.75, 3.05) is 18.5 Å². The summed E-state index contributed by atoms with van der Waals surface area (Å²) in [5.41, 5.74) is 1.11. The smallest absolute Gasteiger partial charge is 0.228 e. The SMILES string of the molecule is O=C(Cc1cc(Cl)c2c(c1)OCCO2)Nc1ccc(F)c(Cl)c1. The van der Waals surface area contributed by atoms with Crippen molar-refractivity contribution in [3.8, 4) is 11.5 Å². The summed E-state index contributed by atoms with van der Waals surface area (Å²) in [6.07, 6.45) is 0.0886. The van der Waals surface area contributed by atoms with Crippen LogP contribution in [0.2, 0.25) is 10.0 Å². The highest BCUT2D eigenvalue weighted by Gasteiger charge is 2.17. The molecule has 1 heterocycles. The monoisotopic (exact) mass is 355 g/mol. The molecule has 3 rings (SSSR count). The highest BCUT2D eigenvalue weighted by molar-refractivity contribution is 6.32. The van der Waals surface area contributed by atoms with Gasteiger partial charge in [-0.25, -0.2) is 4.39 Å². The Morgan fingerprint density at radius 3 is 2.70 bits per heavy atom. The van der Waals surface area contributed by atoms with Crippen molar-refractivity contribution in [1.82, 2.24) is 0 Å².